The van der Waals surface area contributed by atoms with Crippen molar-refractivity contribution in [2.24, 2.45) is 5.73 Å². The van der Waals surface area contributed by atoms with E-state index in [9.17, 15) is 15.2 Å². The van der Waals surface area contributed by atoms with Crippen LogP contribution in [0.3, 0.4) is 0 Å². The van der Waals surface area contributed by atoms with E-state index in [0.29, 0.717) is 50.6 Å². The normalized spacial score (nSPS) is 31.0. The number of nitrogens with two attached hydrogens (primary N) is 1. The second-order valence-corrected chi connectivity index (χ2v) is 11.4. The topological polar surface area (TPSA) is 118 Å². The molecule has 0 aromatic carbocycles. The molecule has 28 heavy (non-hydrogen) atoms. The van der Waals surface area contributed by atoms with E-state index in [1.807, 2.05) is 23.5 Å². The molecule has 7 atom stereocenters. The number of aliphatic carboxylic acids is 1. The number of thioether (sulfide) groups is 2. The van der Waals surface area contributed by atoms with E-state index >= 15 is 0 Å². The molecule has 0 spiro atoms. The number of hydrogen-bond acceptors (Lipinski definition) is 6. The van der Waals surface area contributed by atoms with Gasteiger partial charge in [-0.05, 0) is 32.1 Å². The molecule has 164 valence electrons. The highest BCUT2D eigenvalue weighted by atomic mass is 32.2. The second kappa shape index (κ2) is 12.6. The Bertz CT molecular complexity index is 474. The monoisotopic (exact) mass is 435 g/mol. The lowest BCUT2D eigenvalue weighted by Crippen LogP contribution is -3.05. The maximum Gasteiger partial charge on any atom is 0.320 e. The molecule has 5 N–H and O–H groups in total. The zero-order chi connectivity index (χ0) is 20.5. The summed E-state index contributed by atoms with van der Waals surface area (Å²) in [6, 6.07) is -0.807. The van der Waals surface area contributed by atoms with E-state index in [2.05, 4.69) is 6.92 Å². The van der Waals surface area contributed by atoms with Gasteiger partial charge < -0.3 is 31.4 Å². The molecule has 0 aromatic rings. The van der Waals surface area contributed by atoms with Crippen LogP contribution >= 0.6 is 23.5 Å². The van der Waals surface area contributed by atoms with Crippen LogP contribution in [-0.4, -0.2) is 64.3 Å². The third-order valence-electron chi connectivity index (χ3n) is 5.71. The number of carbonyl (C=O) groups is 1. The van der Waals surface area contributed by atoms with Crippen LogP contribution in [0.15, 0.2) is 0 Å². The Hall–Kier alpha value is -0.0300. The van der Waals surface area contributed by atoms with Gasteiger partial charge in [0.15, 0.2) is 0 Å². The average molecular weight is 436 g/mol. The molecular weight excluding hydrogens is 398 g/mol. The molecular formula is C19H37N3O4S2. The van der Waals surface area contributed by atoms with Gasteiger partial charge in [-0.15, -0.1) is 23.5 Å². The van der Waals surface area contributed by atoms with Gasteiger partial charge in [-0.1, -0.05) is 13.3 Å². The average Bonchev–Trinajstić information content (AvgIpc) is 3.24. The molecule has 7 unspecified atom stereocenters. The fourth-order valence-electron chi connectivity index (χ4n) is 4.08. The molecule has 2 rings (SSSR count). The summed E-state index contributed by atoms with van der Waals surface area (Å²) in [5.74, 6) is -0.940. The number of rotatable bonds is 13. The van der Waals surface area contributed by atoms with Crippen molar-refractivity contribution in [3.8, 4) is 0 Å². The predicted octanol–water partition coefficient (Wildman–Crippen LogP) is 0.272. The van der Waals surface area contributed by atoms with Crippen molar-refractivity contribution < 1.29 is 20.0 Å². The number of hydrogen-bond donors (Lipinski definition) is 4. The van der Waals surface area contributed by atoms with Crippen molar-refractivity contribution in [3.63, 3.8) is 0 Å². The minimum atomic E-state index is -0.940. The van der Waals surface area contributed by atoms with Gasteiger partial charge >= 0.3 is 5.97 Å². The Balaban J connectivity index is 1.85. The molecule has 9 heteroatoms. The van der Waals surface area contributed by atoms with Crippen molar-refractivity contribution in [3.05, 3.63) is 10.4 Å². The smallest absolute Gasteiger partial charge is 0.320 e. The SMILES string of the molecule is CCCC(CCC(CCC(N)C(=O)O)SC1CC[NH+]([O-])C1)SC1CC[NH+]([O-])C1. The Morgan fingerprint density at radius 2 is 1.46 bits per heavy atom. The first-order chi connectivity index (χ1) is 13.4. The second-order valence-electron chi connectivity index (χ2n) is 8.21. The van der Waals surface area contributed by atoms with Crippen LogP contribution in [0.4, 0.5) is 0 Å². The first kappa shape index (κ1) is 24.2. The van der Waals surface area contributed by atoms with Crippen LogP contribution in [-0.2, 0) is 4.79 Å². The molecule has 2 heterocycles. The molecule has 2 aliphatic heterocycles. The first-order valence-electron chi connectivity index (χ1n) is 10.7. The molecule has 0 saturated carbocycles. The maximum atomic E-state index is 11.6. The number of nitrogens with one attached hydrogen (secondary N) is 2. The molecule has 2 aliphatic rings. The van der Waals surface area contributed by atoms with E-state index in [-0.39, 0.29) is 0 Å². The van der Waals surface area contributed by atoms with Crippen LogP contribution in [0.25, 0.3) is 0 Å². The molecule has 0 bridgehead atoms. The highest BCUT2D eigenvalue weighted by molar-refractivity contribution is 8.00. The summed E-state index contributed by atoms with van der Waals surface area (Å²) in [6.07, 6.45) is 7.64. The summed E-state index contributed by atoms with van der Waals surface area (Å²) >= 11 is 3.87. The molecule has 0 aromatic heterocycles. The van der Waals surface area contributed by atoms with E-state index in [1.165, 1.54) is 0 Å². The highest BCUT2D eigenvalue weighted by Crippen LogP contribution is 2.33. The molecule has 2 fully saturated rings. The lowest BCUT2D eigenvalue weighted by Gasteiger charge is -2.25. The Kier molecular flexibility index (Phi) is 10.9. The predicted molar refractivity (Wildman–Crippen MR) is 117 cm³/mol. The fourth-order valence-corrected chi connectivity index (χ4v) is 7.43. The van der Waals surface area contributed by atoms with Crippen molar-refractivity contribution >= 4 is 29.5 Å². The summed E-state index contributed by atoms with van der Waals surface area (Å²) < 4.78 is 0. The quantitative estimate of drug-likeness (QED) is 0.307. The van der Waals surface area contributed by atoms with Gasteiger partial charge in [0.1, 0.15) is 6.04 Å². The standard InChI is InChI=1S/C19H37N3O4S2/c1-2-3-14(27-16-8-10-21(25)12-16)4-5-15(6-7-18(20)19(23)24)28-17-9-11-22(26)13-17/h14-18,21-22H,2-13,20H2,1H3,(H,23,24). The third-order valence-corrected chi connectivity index (χ3v) is 9.00. The maximum absolute atomic E-state index is 11.6. The molecule has 2 saturated heterocycles. The number of carboxylic acid groups (broad SMARTS) is 1. The third kappa shape index (κ3) is 8.77. The summed E-state index contributed by atoms with van der Waals surface area (Å²) in [4.78, 5) is 11.1. The van der Waals surface area contributed by atoms with Crippen LogP contribution < -0.4 is 15.9 Å². The summed E-state index contributed by atoms with van der Waals surface area (Å²) in [7, 11) is 0. The first-order valence-corrected chi connectivity index (χ1v) is 12.6. The molecule has 0 radical (unpaired) electrons. The van der Waals surface area contributed by atoms with Crippen LogP contribution in [0, 0.1) is 10.4 Å². The van der Waals surface area contributed by atoms with Crippen molar-refractivity contribution in [2.75, 3.05) is 26.2 Å². The fraction of sp³-hybridized carbons (Fsp3) is 0.947. The zero-order valence-corrected chi connectivity index (χ0v) is 18.6. The van der Waals surface area contributed by atoms with Gasteiger partial charge in [-0.3, -0.25) is 4.79 Å². The van der Waals surface area contributed by atoms with E-state index in [1.54, 1.807) is 0 Å². The van der Waals surface area contributed by atoms with Crippen LogP contribution in [0.1, 0.15) is 58.3 Å². The lowest BCUT2D eigenvalue weighted by atomic mass is 10.0. The van der Waals surface area contributed by atoms with Crippen LogP contribution in [0.2, 0.25) is 0 Å². The Morgan fingerprint density at radius 1 is 1.00 bits per heavy atom. The lowest BCUT2D eigenvalue weighted by molar-refractivity contribution is -0.833. The van der Waals surface area contributed by atoms with Gasteiger partial charge in [-0.25, -0.2) is 0 Å². The van der Waals surface area contributed by atoms with Gasteiger partial charge in [0.25, 0.3) is 0 Å². The largest absolute Gasteiger partial charge is 0.634 e. The van der Waals surface area contributed by atoms with E-state index in [0.717, 1.165) is 58.0 Å². The molecule has 0 aliphatic carbocycles. The Morgan fingerprint density at radius 3 is 1.86 bits per heavy atom. The highest BCUT2D eigenvalue weighted by Gasteiger charge is 2.28. The van der Waals surface area contributed by atoms with Gasteiger partial charge in [0, 0.05) is 23.3 Å². The molecule has 0 amide bonds. The van der Waals surface area contributed by atoms with Gasteiger partial charge in [-0.2, -0.15) is 0 Å². The van der Waals surface area contributed by atoms with Crippen LogP contribution in [0.5, 0.6) is 0 Å². The van der Waals surface area contributed by atoms with Gasteiger partial charge in [0.2, 0.25) is 0 Å². The van der Waals surface area contributed by atoms with Crippen molar-refractivity contribution in [1.82, 2.24) is 0 Å². The van der Waals surface area contributed by atoms with Gasteiger partial charge in [0.05, 0.1) is 36.7 Å². The number of quaternary nitrogens is 2. The summed E-state index contributed by atoms with van der Waals surface area (Å²) in [5, 5.41) is 34.8. The number of hydroxylamine groups is 4. The van der Waals surface area contributed by atoms with E-state index in [4.69, 9.17) is 10.8 Å². The minimum absolute atomic E-state index is 0.351. The molecule has 7 nitrogen and oxygen atoms in total. The van der Waals surface area contributed by atoms with Crippen molar-refractivity contribution in [1.29, 1.82) is 0 Å². The van der Waals surface area contributed by atoms with E-state index < -0.39 is 12.0 Å². The Labute approximate surface area is 177 Å². The number of carboxylic acids is 1. The minimum Gasteiger partial charge on any atom is -0.634 e. The summed E-state index contributed by atoms with van der Waals surface area (Å²) in [6.45, 7) is 5.00. The zero-order valence-electron chi connectivity index (χ0n) is 16.9. The van der Waals surface area contributed by atoms with Crippen molar-refractivity contribution in [2.45, 2.75) is 85.3 Å². The summed E-state index contributed by atoms with van der Waals surface area (Å²) in [5.41, 5.74) is 5.72.